The molecule has 0 bridgehead atoms. The van der Waals surface area contributed by atoms with Gasteiger partial charge in [0.15, 0.2) is 0 Å². The van der Waals surface area contributed by atoms with Gasteiger partial charge in [-0.25, -0.2) is 0 Å². The lowest BCUT2D eigenvalue weighted by molar-refractivity contribution is 0.322. The lowest BCUT2D eigenvalue weighted by Crippen LogP contribution is -2.38. The number of hydrogen-bond acceptors (Lipinski definition) is 3. The van der Waals surface area contributed by atoms with Crippen LogP contribution in [-0.4, -0.2) is 32.3 Å². The zero-order valence-electron chi connectivity index (χ0n) is 12.3. The topological polar surface area (TPSA) is 24.5 Å². The summed E-state index contributed by atoms with van der Waals surface area (Å²) < 4.78 is 5.81. The fourth-order valence-electron chi connectivity index (χ4n) is 3.34. The molecule has 0 unspecified atom stereocenters. The maximum Gasteiger partial charge on any atom is 0.142 e. The number of nitrogens with zero attached hydrogens (tertiary/aromatic N) is 1. The second kappa shape index (κ2) is 6.98. The Kier molecular flexibility index (Phi) is 4.80. The van der Waals surface area contributed by atoms with Crippen molar-refractivity contribution in [3.8, 4) is 5.75 Å². The lowest BCUT2D eigenvalue weighted by Gasteiger charge is -2.27. The molecule has 20 heavy (non-hydrogen) atoms. The highest BCUT2D eigenvalue weighted by molar-refractivity contribution is 5.58. The predicted octanol–water partition coefficient (Wildman–Crippen LogP) is 3.20. The van der Waals surface area contributed by atoms with Crippen LogP contribution in [0.5, 0.6) is 5.75 Å². The van der Waals surface area contributed by atoms with E-state index in [0.717, 1.165) is 44.5 Å². The van der Waals surface area contributed by atoms with Crippen LogP contribution in [0.15, 0.2) is 24.3 Å². The van der Waals surface area contributed by atoms with Gasteiger partial charge in [0.25, 0.3) is 0 Å². The van der Waals surface area contributed by atoms with Gasteiger partial charge in [-0.05, 0) is 31.4 Å². The first kappa shape index (κ1) is 13.7. The Balaban J connectivity index is 1.54. The van der Waals surface area contributed by atoms with Crippen molar-refractivity contribution in [3.05, 3.63) is 24.3 Å². The Bertz CT molecular complexity index is 415. The molecule has 1 heterocycles. The molecule has 1 aliphatic heterocycles. The van der Waals surface area contributed by atoms with E-state index < -0.39 is 0 Å². The van der Waals surface area contributed by atoms with Crippen LogP contribution in [-0.2, 0) is 0 Å². The number of anilines is 1. The molecule has 1 aliphatic carbocycles. The highest BCUT2D eigenvalue weighted by Gasteiger charge is 2.16. The van der Waals surface area contributed by atoms with E-state index in [1.165, 1.54) is 37.8 Å². The summed E-state index contributed by atoms with van der Waals surface area (Å²) in [5.74, 6) is 1.04. The zero-order valence-corrected chi connectivity index (χ0v) is 12.3. The van der Waals surface area contributed by atoms with Crippen LogP contribution in [0.25, 0.3) is 0 Å². The van der Waals surface area contributed by atoms with Gasteiger partial charge in [0.2, 0.25) is 0 Å². The first-order chi connectivity index (χ1) is 9.93. The molecule has 3 nitrogen and oxygen atoms in total. The molecule has 0 atom stereocenters. The minimum Gasteiger partial charge on any atom is -0.491 e. The normalized spacial score (nSPS) is 20.1. The van der Waals surface area contributed by atoms with Crippen molar-refractivity contribution < 1.29 is 4.74 Å². The zero-order chi connectivity index (χ0) is 13.6. The van der Waals surface area contributed by atoms with E-state index in [1.807, 2.05) is 0 Å². The van der Waals surface area contributed by atoms with E-state index in [9.17, 15) is 0 Å². The Morgan fingerprint density at radius 1 is 1.10 bits per heavy atom. The van der Waals surface area contributed by atoms with Gasteiger partial charge < -0.3 is 15.0 Å². The maximum atomic E-state index is 5.81. The lowest BCUT2D eigenvalue weighted by atomic mass is 9.95. The van der Waals surface area contributed by atoms with Crippen molar-refractivity contribution in [2.24, 2.45) is 0 Å². The molecule has 110 valence electrons. The van der Waals surface area contributed by atoms with Crippen molar-refractivity contribution in [1.29, 1.82) is 0 Å². The minimum atomic E-state index is 0.752. The highest BCUT2D eigenvalue weighted by atomic mass is 16.5. The smallest absolute Gasteiger partial charge is 0.142 e. The number of para-hydroxylation sites is 2. The molecule has 1 saturated carbocycles. The Morgan fingerprint density at radius 3 is 2.85 bits per heavy atom. The van der Waals surface area contributed by atoms with Crippen LogP contribution in [0.4, 0.5) is 5.69 Å². The molecule has 0 aromatic heterocycles. The molecular formula is C17H26N2O. The van der Waals surface area contributed by atoms with Gasteiger partial charge >= 0.3 is 0 Å². The van der Waals surface area contributed by atoms with E-state index in [2.05, 4.69) is 34.5 Å². The summed E-state index contributed by atoms with van der Waals surface area (Å²) in [6, 6.07) is 9.18. The molecule has 2 aliphatic rings. The Hall–Kier alpha value is -1.22. The Morgan fingerprint density at radius 2 is 1.95 bits per heavy atom. The second-order valence-electron chi connectivity index (χ2n) is 5.95. The quantitative estimate of drug-likeness (QED) is 0.912. The largest absolute Gasteiger partial charge is 0.491 e. The molecule has 1 aromatic rings. The number of benzene rings is 1. The second-order valence-corrected chi connectivity index (χ2v) is 5.95. The Labute approximate surface area is 122 Å². The summed E-state index contributed by atoms with van der Waals surface area (Å²) in [5, 5.41) is 3.74. The van der Waals surface area contributed by atoms with Crippen molar-refractivity contribution >= 4 is 5.69 Å². The van der Waals surface area contributed by atoms with Crippen molar-refractivity contribution in [3.63, 3.8) is 0 Å². The van der Waals surface area contributed by atoms with Gasteiger partial charge in [0, 0.05) is 25.7 Å². The fraction of sp³-hybridized carbons (Fsp3) is 0.647. The van der Waals surface area contributed by atoms with Crippen LogP contribution < -0.4 is 15.0 Å². The summed E-state index contributed by atoms with van der Waals surface area (Å²) >= 11 is 0. The molecule has 0 spiro atoms. The molecular weight excluding hydrogens is 248 g/mol. The third-order valence-corrected chi connectivity index (χ3v) is 4.46. The summed E-state index contributed by atoms with van der Waals surface area (Å²) in [7, 11) is 0. The summed E-state index contributed by atoms with van der Waals surface area (Å²) in [5.41, 5.74) is 1.26. The van der Waals surface area contributed by atoms with E-state index in [-0.39, 0.29) is 0 Å². The van der Waals surface area contributed by atoms with E-state index in [0.29, 0.717) is 0 Å². The number of ether oxygens (including phenoxy) is 1. The summed E-state index contributed by atoms with van der Waals surface area (Å²) in [6.07, 6.45) is 8.06. The third-order valence-electron chi connectivity index (χ3n) is 4.46. The number of nitrogens with one attached hydrogen (secondary N) is 1. The van der Waals surface area contributed by atoms with Gasteiger partial charge in [0.05, 0.1) is 12.3 Å². The van der Waals surface area contributed by atoms with Crippen LogP contribution in [0.1, 0.15) is 38.5 Å². The molecule has 3 heteroatoms. The third kappa shape index (κ3) is 3.45. The standard InChI is InChI=1S/C17H26N2O/c1-2-7-15(8-3-1)18-11-13-19-12-6-14-20-17-10-5-4-9-16(17)19/h4-5,9-10,15,18H,1-3,6-8,11-14H2. The predicted molar refractivity (Wildman–Crippen MR) is 83.6 cm³/mol. The monoisotopic (exact) mass is 274 g/mol. The van der Waals surface area contributed by atoms with Crippen molar-refractivity contribution in [1.82, 2.24) is 5.32 Å². The molecule has 1 N–H and O–H groups in total. The van der Waals surface area contributed by atoms with Crippen molar-refractivity contribution in [2.75, 3.05) is 31.1 Å². The molecule has 1 aromatic carbocycles. The molecule has 0 amide bonds. The minimum absolute atomic E-state index is 0.752. The highest BCUT2D eigenvalue weighted by Crippen LogP contribution is 2.30. The van der Waals surface area contributed by atoms with Gasteiger partial charge in [-0.1, -0.05) is 31.4 Å². The first-order valence-electron chi connectivity index (χ1n) is 8.13. The number of fused-ring (bicyclic) bond motifs is 1. The molecule has 0 radical (unpaired) electrons. The van der Waals surface area contributed by atoms with Crippen LogP contribution in [0.2, 0.25) is 0 Å². The van der Waals surface area contributed by atoms with E-state index in [4.69, 9.17) is 4.74 Å². The van der Waals surface area contributed by atoms with E-state index >= 15 is 0 Å². The average Bonchev–Trinajstić information content (AvgIpc) is 2.71. The first-order valence-corrected chi connectivity index (χ1v) is 8.13. The van der Waals surface area contributed by atoms with Crippen LogP contribution in [0.3, 0.4) is 0 Å². The molecule has 0 saturated heterocycles. The number of hydrogen-bond donors (Lipinski definition) is 1. The van der Waals surface area contributed by atoms with Gasteiger partial charge in [-0.2, -0.15) is 0 Å². The summed E-state index contributed by atoms with van der Waals surface area (Å²) in [6.45, 7) is 4.10. The maximum absolute atomic E-state index is 5.81. The fourth-order valence-corrected chi connectivity index (χ4v) is 3.34. The molecule has 1 fully saturated rings. The van der Waals surface area contributed by atoms with Crippen molar-refractivity contribution in [2.45, 2.75) is 44.6 Å². The van der Waals surface area contributed by atoms with Gasteiger partial charge in [-0.3, -0.25) is 0 Å². The van der Waals surface area contributed by atoms with Crippen LogP contribution in [0, 0.1) is 0 Å². The van der Waals surface area contributed by atoms with E-state index in [1.54, 1.807) is 0 Å². The average molecular weight is 274 g/mol. The van der Waals surface area contributed by atoms with Crippen LogP contribution >= 0.6 is 0 Å². The van der Waals surface area contributed by atoms with Gasteiger partial charge in [0.1, 0.15) is 5.75 Å². The number of rotatable bonds is 4. The molecule has 3 rings (SSSR count). The van der Waals surface area contributed by atoms with Gasteiger partial charge in [-0.15, -0.1) is 0 Å². The summed E-state index contributed by atoms with van der Waals surface area (Å²) in [4.78, 5) is 2.47. The SMILES string of the molecule is c1ccc2c(c1)OCCCN2CCNC1CCCCC1.